The molecule has 0 aromatic heterocycles. The summed E-state index contributed by atoms with van der Waals surface area (Å²) in [6.45, 7) is 2.75. The van der Waals surface area contributed by atoms with Crippen molar-refractivity contribution in [2.45, 2.75) is 19.3 Å². The predicted octanol–water partition coefficient (Wildman–Crippen LogP) is 0.614. The molecule has 11 heavy (non-hydrogen) atoms. The van der Waals surface area contributed by atoms with Gasteiger partial charge in [-0.05, 0) is 50.1 Å². The van der Waals surface area contributed by atoms with E-state index in [1.807, 2.05) is 0 Å². The maximum atomic E-state index is 9.08. The molecule has 2 N–H and O–H groups in total. The Morgan fingerprint density at radius 2 is 2.18 bits per heavy atom. The molecule has 1 heterocycles. The van der Waals surface area contributed by atoms with E-state index < -0.39 is 0 Å². The van der Waals surface area contributed by atoms with Gasteiger partial charge in [0.05, 0.1) is 0 Å². The summed E-state index contributed by atoms with van der Waals surface area (Å²) in [4.78, 5) is 0. The Kier molecular flexibility index (Phi) is 2.14. The Bertz CT molecular complexity index is 132. The van der Waals surface area contributed by atoms with Gasteiger partial charge < -0.3 is 10.4 Å². The van der Waals surface area contributed by atoms with Gasteiger partial charge in [-0.1, -0.05) is 0 Å². The average molecular weight is 155 g/mol. The number of hydrogen-bond acceptors (Lipinski definition) is 2. The highest BCUT2D eigenvalue weighted by molar-refractivity contribution is 4.88. The molecule has 3 unspecified atom stereocenters. The molecule has 2 rings (SSSR count). The highest BCUT2D eigenvalue weighted by Gasteiger charge is 2.36. The van der Waals surface area contributed by atoms with Crippen LogP contribution in [0.1, 0.15) is 19.3 Å². The Labute approximate surface area is 68.0 Å². The second kappa shape index (κ2) is 3.11. The fraction of sp³-hybridized carbons (Fsp3) is 1.00. The topological polar surface area (TPSA) is 32.3 Å². The second-order valence-electron chi connectivity index (χ2n) is 3.94. The van der Waals surface area contributed by atoms with Crippen molar-refractivity contribution in [3.8, 4) is 0 Å². The fourth-order valence-corrected chi connectivity index (χ4v) is 2.72. The molecule has 2 fully saturated rings. The number of piperidine rings is 1. The van der Waals surface area contributed by atoms with Gasteiger partial charge in [0.25, 0.3) is 0 Å². The molecule has 1 saturated carbocycles. The molecule has 2 nitrogen and oxygen atoms in total. The molecule has 64 valence electrons. The van der Waals surface area contributed by atoms with E-state index in [1.54, 1.807) is 0 Å². The number of aliphatic hydroxyl groups excluding tert-OH is 1. The summed E-state index contributed by atoms with van der Waals surface area (Å²) in [5, 5.41) is 12.5. The van der Waals surface area contributed by atoms with Crippen LogP contribution in [0.2, 0.25) is 0 Å². The van der Waals surface area contributed by atoms with Crippen LogP contribution in [0.3, 0.4) is 0 Å². The molecule has 3 atom stereocenters. The Morgan fingerprint density at radius 3 is 3.00 bits per heavy atom. The van der Waals surface area contributed by atoms with Gasteiger partial charge in [0.1, 0.15) is 0 Å². The van der Waals surface area contributed by atoms with Crippen molar-refractivity contribution in [3.63, 3.8) is 0 Å². The zero-order valence-corrected chi connectivity index (χ0v) is 6.92. The van der Waals surface area contributed by atoms with Crippen molar-refractivity contribution in [3.05, 3.63) is 0 Å². The molecule has 0 bridgehead atoms. The number of rotatable bonds is 1. The first-order chi connectivity index (χ1) is 5.42. The van der Waals surface area contributed by atoms with Crippen LogP contribution in [0.5, 0.6) is 0 Å². The van der Waals surface area contributed by atoms with E-state index in [2.05, 4.69) is 5.32 Å². The second-order valence-corrected chi connectivity index (χ2v) is 3.94. The van der Waals surface area contributed by atoms with Crippen molar-refractivity contribution in [2.75, 3.05) is 19.7 Å². The van der Waals surface area contributed by atoms with Crippen molar-refractivity contribution in [2.24, 2.45) is 17.8 Å². The average Bonchev–Trinajstić information content (AvgIpc) is 2.47. The molecule has 0 aromatic rings. The summed E-state index contributed by atoms with van der Waals surface area (Å²) in [5.41, 5.74) is 0. The van der Waals surface area contributed by atoms with Crippen LogP contribution in [0.15, 0.2) is 0 Å². The maximum Gasteiger partial charge on any atom is 0.0462 e. The molecular formula is C9H17NO. The van der Waals surface area contributed by atoms with E-state index in [1.165, 1.54) is 25.8 Å². The van der Waals surface area contributed by atoms with Crippen LogP contribution in [0.4, 0.5) is 0 Å². The Balaban J connectivity index is 1.98. The normalized spacial score (nSPS) is 43.9. The Hall–Kier alpha value is -0.0800. The molecule has 1 saturated heterocycles. The monoisotopic (exact) mass is 155 g/mol. The third-order valence-corrected chi connectivity index (χ3v) is 3.43. The van der Waals surface area contributed by atoms with Crippen molar-refractivity contribution < 1.29 is 5.11 Å². The molecule has 1 aliphatic carbocycles. The van der Waals surface area contributed by atoms with Gasteiger partial charge in [-0.25, -0.2) is 0 Å². The summed E-state index contributed by atoms with van der Waals surface area (Å²) >= 11 is 0. The molecule has 0 amide bonds. The number of aliphatic hydroxyl groups is 1. The van der Waals surface area contributed by atoms with Crippen LogP contribution in [-0.2, 0) is 0 Å². The molecule has 0 spiro atoms. The molecule has 2 aliphatic rings. The third kappa shape index (κ3) is 1.30. The lowest BCUT2D eigenvalue weighted by atomic mass is 9.85. The number of fused-ring (bicyclic) bond motifs is 1. The highest BCUT2D eigenvalue weighted by atomic mass is 16.3. The van der Waals surface area contributed by atoms with Gasteiger partial charge in [-0.15, -0.1) is 0 Å². The Morgan fingerprint density at radius 1 is 1.27 bits per heavy atom. The lowest BCUT2D eigenvalue weighted by molar-refractivity contribution is 0.161. The smallest absolute Gasteiger partial charge is 0.0462 e. The standard InChI is InChI=1S/C9H17NO/c11-6-8-2-1-7-3-4-10-5-9(7)8/h7-11H,1-6H2. The van der Waals surface area contributed by atoms with E-state index in [9.17, 15) is 0 Å². The van der Waals surface area contributed by atoms with Gasteiger partial charge in [-0.3, -0.25) is 0 Å². The van der Waals surface area contributed by atoms with Crippen LogP contribution in [-0.4, -0.2) is 24.8 Å². The first-order valence-electron chi connectivity index (χ1n) is 4.73. The molecule has 2 heteroatoms. The van der Waals surface area contributed by atoms with E-state index in [-0.39, 0.29) is 0 Å². The lowest BCUT2D eigenvalue weighted by Crippen LogP contribution is -2.37. The lowest BCUT2D eigenvalue weighted by Gasteiger charge is -2.29. The van der Waals surface area contributed by atoms with Gasteiger partial charge in [0.2, 0.25) is 0 Å². The van der Waals surface area contributed by atoms with E-state index in [4.69, 9.17) is 5.11 Å². The predicted molar refractivity (Wildman–Crippen MR) is 44.3 cm³/mol. The minimum atomic E-state index is 0.406. The summed E-state index contributed by atoms with van der Waals surface area (Å²) in [6.07, 6.45) is 3.95. The van der Waals surface area contributed by atoms with Crippen LogP contribution in [0.25, 0.3) is 0 Å². The van der Waals surface area contributed by atoms with Crippen molar-refractivity contribution >= 4 is 0 Å². The largest absolute Gasteiger partial charge is 0.396 e. The first kappa shape index (κ1) is 7.56. The molecule has 1 aliphatic heterocycles. The van der Waals surface area contributed by atoms with Gasteiger partial charge in [0.15, 0.2) is 0 Å². The summed E-state index contributed by atoms with van der Waals surface area (Å²) < 4.78 is 0. The van der Waals surface area contributed by atoms with Gasteiger partial charge in [-0.2, -0.15) is 0 Å². The van der Waals surface area contributed by atoms with Gasteiger partial charge >= 0.3 is 0 Å². The zero-order chi connectivity index (χ0) is 7.68. The minimum absolute atomic E-state index is 0.406. The summed E-state index contributed by atoms with van der Waals surface area (Å²) in [5.74, 6) is 2.31. The van der Waals surface area contributed by atoms with Crippen LogP contribution in [0, 0.1) is 17.8 Å². The quantitative estimate of drug-likeness (QED) is 0.581. The maximum absolute atomic E-state index is 9.08. The minimum Gasteiger partial charge on any atom is -0.396 e. The highest BCUT2D eigenvalue weighted by Crippen LogP contribution is 2.39. The number of hydrogen-bond donors (Lipinski definition) is 2. The van der Waals surface area contributed by atoms with Crippen LogP contribution >= 0.6 is 0 Å². The van der Waals surface area contributed by atoms with E-state index in [0.717, 1.165) is 18.4 Å². The third-order valence-electron chi connectivity index (χ3n) is 3.43. The van der Waals surface area contributed by atoms with E-state index >= 15 is 0 Å². The summed E-state index contributed by atoms with van der Waals surface area (Å²) in [6, 6.07) is 0. The molecular weight excluding hydrogens is 138 g/mol. The van der Waals surface area contributed by atoms with Crippen LogP contribution < -0.4 is 5.32 Å². The number of nitrogens with one attached hydrogen (secondary N) is 1. The molecule has 0 aromatic carbocycles. The van der Waals surface area contributed by atoms with Crippen molar-refractivity contribution in [1.82, 2.24) is 5.32 Å². The fourth-order valence-electron chi connectivity index (χ4n) is 2.72. The summed E-state index contributed by atoms with van der Waals surface area (Å²) in [7, 11) is 0. The zero-order valence-electron chi connectivity index (χ0n) is 6.92. The SMILES string of the molecule is OCC1CCC2CCNCC12. The van der Waals surface area contributed by atoms with Crippen molar-refractivity contribution in [1.29, 1.82) is 0 Å². The molecule has 0 radical (unpaired) electrons. The van der Waals surface area contributed by atoms with Gasteiger partial charge in [0, 0.05) is 6.61 Å². The van der Waals surface area contributed by atoms with E-state index in [0.29, 0.717) is 12.5 Å². The first-order valence-corrected chi connectivity index (χ1v) is 4.73.